The van der Waals surface area contributed by atoms with Gasteiger partial charge in [-0.25, -0.2) is 0 Å². The van der Waals surface area contributed by atoms with Gasteiger partial charge in [-0.15, -0.1) is 0 Å². The number of rotatable bonds is 7. The van der Waals surface area contributed by atoms with Gasteiger partial charge >= 0.3 is 233 Å². The monoisotopic (exact) mass is 606 g/mol. The Morgan fingerprint density at radius 3 is 1.23 bits per heavy atom. The first-order valence-electron chi connectivity index (χ1n) is 18.8. The molecule has 0 radical (unpaired) electrons. The van der Waals surface area contributed by atoms with Crippen molar-refractivity contribution in [3.05, 3.63) is 0 Å². The normalized spacial score (nSPS) is 73.2. The van der Waals surface area contributed by atoms with Crippen LogP contribution < -0.4 is 0 Å². The third kappa shape index (κ3) is 0.644. The molecule has 10 saturated heterocycles. The summed E-state index contributed by atoms with van der Waals surface area (Å²) in [5.41, 5.74) is 6.27. The van der Waals surface area contributed by atoms with Gasteiger partial charge in [0.05, 0.1) is 0 Å². The van der Waals surface area contributed by atoms with Gasteiger partial charge in [0.15, 0.2) is 0 Å². The van der Waals surface area contributed by atoms with E-state index in [-0.39, 0.29) is 7.92 Å². The molecule has 10 heterocycles. The van der Waals surface area contributed by atoms with Crippen LogP contribution in [0.1, 0.15) is 135 Å². The summed E-state index contributed by atoms with van der Waals surface area (Å²) in [6.07, 6.45) is 33.0. The van der Waals surface area contributed by atoms with E-state index >= 15 is 0 Å². The third-order valence-corrected chi connectivity index (χ3v) is 79.9. The van der Waals surface area contributed by atoms with Crippen LogP contribution in [0.3, 0.4) is 0 Å². The average Bonchev–Trinajstić information content (AvgIpc) is 3.95. The van der Waals surface area contributed by atoms with E-state index in [1.54, 1.807) is 162 Å². The number of fused-ring (bicyclic) bond motifs is 10. The predicted octanol–water partition coefficient (Wildman–Crippen LogP) is 12.3. The molecule has 0 amide bonds. The maximum absolute atomic E-state index is 3.45. The Labute approximate surface area is 231 Å². The zero-order valence-electron chi connectivity index (χ0n) is 24.9. The first-order chi connectivity index (χ1) is 19.0. The van der Waals surface area contributed by atoms with Crippen LogP contribution >= 0.6 is 15.8 Å². The Bertz CT molecular complexity index is 1480. The summed E-state index contributed by atoms with van der Waals surface area (Å²) in [4.78, 5) is 12.4. The molecule has 6 atom stereocenters. The molecule has 39 heavy (non-hydrogen) atoms. The van der Waals surface area contributed by atoms with Crippen LogP contribution in [0.15, 0.2) is 0 Å². The summed E-state index contributed by atoms with van der Waals surface area (Å²) < 4.78 is 2.36. The Morgan fingerprint density at radius 2 is 0.872 bits per heavy atom. The number of hydrogen-bond acceptors (Lipinski definition) is 0. The molecule has 0 N–H and O–H groups in total. The second kappa shape index (κ2) is 3.81. The molecule has 0 aromatic carbocycles. The van der Waals surface area contributed by atoms with Gasteiger partial charge < -0.3 is 0 Å². The van der Waals surface area contributed by atoms with Crippen molar-refractivity contribution in [3.8, 4) is 0 Å². The quantitative estimate of drug-likeness (QED) is 0.200. The number of hydrogen-bond donors (Lipinski definition) is 0. The van der Waals surface area contributed by atoms with Crippen LogP contribution in [0.4, 0.5) is 0 Å². The second-order valence-electron chi connectivity index (χ2n) is 20.5. The minimum absolute atomic E-state index is 0.290. The first-order valence-corrected chi connectivity index (χ1v) is 28.0. The summed E-state index contributed by atoms with van der Waals surface area (Å²) in [5, 5.41) is 0. The van der Waals surface area contributed by atoms with Crippen LogP contribution in [0.2, 0.25) is 42.8 Å². The van der Waals surface area contributed by atoms with Crippen molar-refractivity contribution < 1.29 is 6.51 Å². The van der Waals surface area contributed by atoms with Crippen LogP contribution in [0.5, 0.6) is 0 Å². The van der Waals surface area contributed by atoms with Crippen LogP contribution in [0, 0.1) is 0 Å². The topological polar surface area (TPSA) is 0 Å². The molecule has 4 saturated carbocycles. The Balaban J connectivity index is 0.997. The van der Waals surface area contributed by atoms with E-state index in [2.05, 4.69) is 6.92 Å². The molecule has 0 aromatic rings. The van der Waals surface area contributed by atoms with Crippen molar-refractivity contribution in [2.45, 2.75) is 211 Å². The molecule has 14 aliphatic rings. The fourth-order valence-electron chi connectivity index (χ4n) is 26.0. The van der Waals surface area contributed by atoms with E-state index in [1.807, 2.05) is 0 Å². The molecular formula is C36H56FeP2. The standard InChI is InChI=1S/C31H51P2.C5H5.Fe/c1-25(32(26-15-6-2-7-16-26)27-17-8-3-9-18-27)30-23-14-24-31(30)33(28-19-10-4-11-20-28)29-21-12-5-13-22-29;1-2-4-5-3-1;/h14,23-29H,2-13,15-22H2,1H3;1-5H;. The summed E-state index contributed by atoms with van der Waals surface area (Å²) in [6, 6.07) is 0. The van der Waals surface area contributed by atoms with Crippen molar-refractivity contribution in [3.63, 3.8) is 0 Å². The van der Waals surface area contributed by atoms with Gasteiger partial charge in [0.25, 0.3) is 0 Å². The van der Waals surface area contributed by atoms with E-state index in [4.69, 9.17) is 0 Å². The third-order valence-electron chi connectivity index (χ3n) is 24.3. The summed E-state index contributed by atoms with van der Waals surface area (Å²) in [6.45, 7) is -0.320. The molecule has 0 nitrogen and oxygen atoms in total. The molecular weight excluding hydrogens is 550 g/mol. The Morgan fingerprint density at radius 1 is 0.487 bits per heavy atom. The van der Waals surface area contributed by atoms with Crippen LogP contribution in [-0.2, 0) is 6.51 Å². The zero-order chi connectivity index (χ0) is 25.1. The van der Waals surface area contributed by atoms with Crippen LogP contribution in [-0.4, -0.2) is 32.3 Å². The van der Waals surface area contributed by atoms with Crippen molar-refractivity contribution >= 4 is 15.8 Å². The molecule has 5 unspecified atom stereocenters. The van der Waals surface area contributed by atoms with E-state index in [0.717, 1.165) is 4.31 Å². The first kappa shape index (κ1) is 22.0. The summed E-state index contributed by atoms with van der Waals surface area (Å²) >= 11 is 0. The zero-order valence-corrected chi connectivity index (χ0v) is 27.8. The Hall–Kier alpha value is 1.38. The molecule has 0 bridgehead atoms. The van der Waals surface area contributed by atoms with Crippen molar-refractivity contribution in [2.24, 2.45) is 0 Å². The van der Waals surface area contributed by atoms with Crippen LogP contribution in [0.25, 0.3) is 0 Å². The van der Waals surface area contributed by atoms with Gasteiger partial charge in [0, 0.05) is 0 Å². The van der Waals surface area contributed by atoms with E-state index in [0.29, 0.717) is 7.92 Å². The molecule has 3 heteroatoms. The second-order valence-corrected chi connectivity index (χ2v) is 50.2. The van der Waals surface area contributed by atoms with Gasteiger partial charge in [-0.05, 0) is 0 Å². The van der Waals surface area contributed by atoms with E-state index < -0.39 is 6.51 Å². The van der Waals surface area contributed by atoms with Gasteiger partial charge in [0.2, 0.25) is 0 Å². The molecule has 14 rings (SSSR count). The van der Waals surface area contributed by atoms with E-state index in [9.17, 15) is 0 Å². The van der Waals surface area contributed by atoms with Gasteiger partial charge in [-0.1, -0.05) is 0 Å². The van der Waals surface area contributed by atoms with E-state index in [1.165, 1.54) is 37.2 Å². The van der Waals surface area contributed by atoms with Gasteiger partial charge in [-0.3, -0.25) is 0 Å². The Kier molecular flexibility index (Phi) is 2.15. The predicted molar refractivity (Wildman–Crippen MR) is 166 cm³/mol. The average molecular weight is 607 g/mol. The molecule has 1 spiro atoms. The summed E-state index contributed by atoms with van der Waals surface area (Å²) in [7, 11) is 0.645. The molecule has 218 valence electrons. The fraction of sp³-hybridized carbons (Fsp3) is 1.00. The fourth-order valence-corrected chi connectivity index (χ4v) is 128. The molecule has 4 aliphatic carbocycles. The van der Waals surface area contributed by atoms with Crippen molar-refractivity contribution in [2.75, 3.05) is 0 Å². The van der Waals surface area contributed by atoms with Gasteiger partial charge in [0.1, 0.15) is 0 Å². The van der Waals surface area contributed by atoms with Gasteiger partial charge in [-0.2, -0.15) is 0 Å². The summed E-state index contributed by atoms with van der Waals surface area (Å²) in [5.74, 6) is 0. The van der Waals surface area contributed by atoms with Crippen molar-refractivity contribution in [1.82, 2.24) is 0 Å². The SMILES string of the molecule is CC(P(C1CCCCC1)C1CCCCC1)[C]12[CH]3[CH]4[CH]5[C@]1(P(C1CCCCC1)C1CCCCC1)[Fe]43521678[CH]2[CH]1[CH]6[CH]7[CH]28. The molecule has 10 aliphatic heterocycles. The molecule has 0 aromatic heterocycles. The maximum atomic E-state index is 3.13. The molecule has 14 fully saturated rings. The minimum atomic E-state index is -3.45. The van der Waals surface area contributed by atoms with Crippen molar-refractivity contribution in [1.29, 1.82) is 0 Å².